The van der Waals surface area contributed by atoms with Crippen LogP contribution in [0.15, 0.2) is 42.5 Å². The van der Waals surface area contributed by atoms with Crippen molar-refractivity contribution >= 4 is 17.5 Å². The number of aryl methyl sites for hydroxylation is 1. The molecule has 6 nitrogen and oxygen atoms in total. The molecule has 152 valence electrons. The standard InChI is InChI=1S/C23H26N2O4/c26-22(24-14-16-12-18-4-1-2-5-21(18)29-15-16)6-3-11-28-19-8-9-20-17(13-19)7-10-23(27)25-20/h1-2,4-5,8-9,13,16H,3,6-7,10-12,14-15H2,(H,24,26)(H,25,27). The van der Waals surface area contributed by atoms with Gasteiger partial charge in [0.1, 0.15) is 11.5 Å². The number of carbonyl (C=O) groups is 2. The van der Waals surface area contributed by atoms with Gasteiger partial charge < -0.3 is 20.1 Å². The highest BCUT2D eigenvalue weighted by Crippen LogP contribution is 2.27. The second-order valence-corrected chi connectivity index (χ2v) is 7.61. The molecule has 2 heterocycles. The molecule has 2 aliphatic rings. The lowest BCUT2D eigenvalue weighted by molar-refractivity contribution is -0.121. The van der Waals surface area contributed by atoms with Crippen LogP contribution in [0.3, 0.4) is 0 Å². The molecule has 2 N–H and O–H groups in total. The number of hydrogen-bond acceptors (Lipinski definition) is 4. The van der Waals surface area contributed by atoms with Crippen LogP contribution < -0.4 is 20.1 Å². The second kappa shape index (κ2) is 8.99. The summed E-state index contributed by atoms with van der Waals surface area (Å²) in [6, 6.07) is 13.8. The number of hydrogen-bond donors (Lipinski definition) is 2. The van der Waals surface area contributed by atoms with Crippen molar-refractivity contribution in [2.45, 2.75) is 32.1 Å². The number of fused-ring (bicyclic) bond motifs is 2. The van der Waals surface area contributed by atoms with E-state index < -0.39 is 0 Å². The molecule has 2 aromatic carbocycles. The van der Waals surface area contributed by atoms with Gasteiger partial charge in [-0.1, -0.05) is 18.2 Å². The van der Waals surface area contributed by atoms with Gasteiger partial charge in [-0.2, -0.15) is 0 Å². The molecule has 2 aromatic rings. The van der Waals surface area contributed by atoms with Crippen LogP contribution >= 0.6 is 0 Å². The fraction of sp³-hybridized carbons (Fsp3) is 0.391. The number of amides is 2. The van der Waals surface area contributed by atoms with E-state index >= 15 is 0 Å². The lowest BCUT2D eigenvalue weighted by Crippen LogP contribution is -2.34. The Labute approximate surface area is 170 Å². The third-order valence-corrected chi connectivity index (χ3v) is 5.33. The maximum atomic E-state index is 12.1. The topological polar surface area (TPSA) is 76.7 Å². The third kappa shape index (κ3) is 5.08. The van der Waals surface area contributed by atoms with Gasteiger partial charge in [0.15, 0.2) is 0 Å². The molecule has 0 radical (unpaired) electrons. The molecule has 0 aliphatic carbocycles. The van der Waals surface area contributed by atoms with Crippen LogP contribution in [0.25, 0.3) is 0 Å². The molecule has 0 bridgehead atoms. The molecular weight excluding hydrogens is 368 g/mol. The molecule has 29 heavy (non-hydrogen) atoms. The molecule has 1 unspecified atom stereocenters. The Morgan fingerprint density at radius 2 is 2.07 bits per heavy atom. The van der Waals surface area contributed by atoms with E-state index in [9.17, 15) is 9.59 Å². The van der Waals surface area contributed by atoms with Gasteiger partial charge in [-0.3, -0.25) is 9.59 Å². The van der Waals surface area contributed by atoms with E-state index in [1.807, 2.05) is 36.4 Å². The SMILES string of the molecule is O=C(CCCOc1ccc2c(c1)CCC(=O)N2)NCC1COc2ccccc2C1. The van der Waals surface area contributed by atoms with Crippen LogP contribution in [0.4, 0.5) is 5.69 Å². The number of carbonyl (C=O) groups excluding carboxylic acids is 2. The predicted octanol–water partition coefficient (Wildman–Crippen LogP) is 3.10. The fourth-order valence-electron chi connectivity index (χ4n) is 3.74. The van der Waals surface area contributed by atoms with Crippen LogP contribution in [-0.2, 0) is 22.4 Å². The average molecular weight is 394 g/mol. The third-order valence-electron chi connectivity index (χ3n) is 5.33. The van der Waals surface area contributed by atoms with Gasteiger partial charge in [0.25, 0.3) is 0 Å². The summed E-state index contributed by atoms with van der Waals surface area (Å²) in [7, 11) is 0. The minimum absolute atomic E-state index is 0.0422. The van der Waals surface area contributed by atoms with Crippen molar-refractivity contribution in [1.82, 2.24) is 5.32 Å². The summed E-state index contributed by atoms with van der Waals surface area (Å²) in [5.74, 6) is 2.14. The zero-order valence-corrected chi connectivity index (χ0v) is 16.4. The fourth-order valence-corrected chi connectivity index (χ4v) is 3.74. The van der Waals surface area contributed by atoms with Gasteiger partial charge >= 0.3 is 0 Å². The molecule has 2 aliphatic heterocycles. The highest BCUT2D eigenvalue weighted by atomic mass is 16.5. The zero-order chi connectivity index (χ0) is 20.1. The van der Waals surface area contributed by atoms with E-state index in [1.165, 1.54) is 5.56 Å². The number of anilines is 1. The minimum Gasteiger partial charge on any atom is -0.494 e. The van der Waals surface area contributed by atoms with Crippen molar-refractivity contribution in [1.29, 1.82) is 0 Å². The molecule has 0 saturated carbocycles. The Balaban J connectivity index is 1.14. The van der Waals surface area contributed by atoms with Gasteiger partial charge in [0.2, 0.25) is 11.8 Å². The van der Waals surface area contributed by atoms with E-state index in [1.54, 1.807) is 0 Å². The van der Waals surface area contributed by atoms with Crippen molar-refractivity contribution in [3.8, 4) is 11.5 Å². The number of ether oxygens (including phenoxy) is 2. The van der Waals surface area contributed by atoms with Crippen molar-refractivity contribution in [3.05, 3.63) is 53.6 Å². The number of para-hydroxylation sites is 1. The summed E-state index contributed by atoms with van der Waals surface area (Å²) in [5, 5.41) is 5.87. The van der Waals surface area contributed by atoms with Crippen LogP contribution in [-0.4, -0.2) is 31.6 Å². The maximum absolute atomic E-state index is 12.1. The largest absolute Gasteiger partial charge is 0.494 e. The van der Waals surface area contributed by atoms with E-state index in [0.717, 1.165) is 35.6 Å². The molecule has 2 amide bonds. The molecule has 0 fully saturated rings. The van der Waals surface area contributed by atoms with Crippen LogP contribution in [0.2, 0.25) is 0 Å². The summed E-state index contributed by atoms with van der Waals surface area (Å²) in [6.45, 7) is 1.75. The molecule has 0 saturated heterocycles. The van der Waals surface area contributed by atoms with Crippen LogP contribution in [0.5, 0.6) is 11.5 Å². The first-order valence-electron chi connectivity index (χ1n) is 10.2. The lowest BCUT2D eigenvalue weighted by Gasteiger charge is -2.25. The Morgan fingerprint density at radius 3 is 3.00 bits per heavy atom. The molecule has 4 rings (SSSR count). The number of nitrogens with one attached hydrogen (secondary N) is 2. The first-order valence-corrected chi connectivity index (χ1v) is 10.2. The second-order valence-electron chi connectivity index (χ2n) is 7.61. The van der Waals surface area contributed by atoms with E-state index in [0.29, 0.717) is 44.9 Å². The van der Waals surface area contributed by atoms with Gasteiger partial charge in [-0.25, -0.2) is 0 Å². The quantitative estimate of drug-likeness (QED) is 0.708. The Morgan fingerprint density at radius 1 is 1.17 bits per heavy atom. The average Bonchev–Trinajstić information content (AvgIpc) is 2.75. The van der Waals surface area contributed by atoms with Crippen LogP contribution in [0.1, 0.15) is 30.4 Å². The van der Waals surface area contributed by atoms with Gasteiger partial charge in [0, 0.05) is 31.0 Å². The summed E-state index contributed by atoms with van der Waals surface area (Å²) in [4.78, 5) is 23.5. The molecular formula is C23H26N2O4. The Hall–Kier alpha value is -3.02. The van der Waals surface area contributed by atoms with Crippen molar-refractivity contribution in [3.63, 3.8) is 0 Å². The summed E-state index contributed by atoms with van der Waals surface area (Å²) in [5.41, 5.74) is 3.16. The maximum Gasteiger partial charge on any atom is 0.224 e. The predicted molar refractivity (Wildman–Crippen MR) is 110 cm³/mol. The number of benzene rings is 2. The summed E-state index contributed by atoms with van der Waals surface area (Å²) in [6.07, 6.45) is 3.26. The van der Waals surface area contributed by atoms with Crippen LogP contribution in [0, 0.1) is 5.92 Å². The van der Waals surface area contributed by atoms with E-state index in [-0.39, 0.29) is 11.8 Å². The Kier molecular flexibility index (Phi) is 5.98. The van der Waals surface area contributed by atoms with Gasteiger partial charge in [0.05, 0.1) is 13.2 Å². The zero-order valence-electron chi connectivity index (χ0n) is 16.4. The van der Waals surface area contributed by atoms with E-state index in [4.69, 9.17) is 9.47 Å². The summed E-state index contributed by atoms with van der Waals surface area (Å²) < 4.78 is 11.5. The molecule has 6 heteroatoms. The highest BCUT2D eigenvalue weighted by molar-refractivity contribution is 5.94. The van der Waals surface area contributed by atoms with Gasteiger partial charge in [-0.15, -0.1) is 0 Å². The number of rotatable bonds is 7. The smallest absolute Gasteiger partial charge is 0.224 e. The molecule has 0 spiro atoms. The normalized spacial score (nSPS) is 17.4. The molecule has 0 aromatic heterocycles. The first-order chi connectivity index (χ1) is 14.2. The minimum atomic E-state index is 0.0422. The van der Waals surface area contributed by atoms with Crippen molar-refractivity contribution < 1.29 is 19.1 Å². The van der Waals surface area contributed by atoms with E-state index in [2.05, 4.69) is 16.7 Å². The van der Waals surface area contributed by atoms with Gasteiger partial charge in [-0.05, 0) is 54.7 Å². The first kappa shape index (κ1) is 19.3. The highest BCUT2D eigenvalue weighted by Gasteiger charge is 2.20. The lowest BCUT2D eigenvalue weighted by atomic mass is 9.97. The summed E-state index contributed by atoms with van der Waals surface area (Å²) >= 11 is 0. The van der Waals surface area contributed by atoms with Crippen molar-refractivity contribution in [2.24, 2.45) is 5.92 Å². The van der Waals surface area contributed by atoms with Crippen molar-refractivity contribution in [2.75, 3.05) is 25.1 Å². The Bertz CT molecular complexity index is 896. The monoisotopic (exact) mass is 394 g/mol. The molecule has 1 atom stereocenters.